The summed E-state index contributed by atoms with van der Waals surface area (Å²) >= 11 is 1.33. The van der Waals surface area contributed by atoms with Crippen LogP contribution >= 0.6 is 11.8 Å². The first-order valence-electron chi connectivity index (χ1n) is 4.74. The van der Waals surface area contributed by atoms with Crippen molar-refractivity contribution in [2.45, 2.75) is 10.1 Å². The highest BCUT2D eigenvalue weighted by Gasteiger charge is 2.09. The molecule has 0 spiro atoms. The third kappa shape index (κ3) is 2.73. The number of carboxylic acids is 1. The molecule has 1 heterocycles. The van der Waals surface area contributed by atoms with Gasteiger partial charge in [0.25, 0.3) is 0 Å². The van der Waals surface area contributed by atoms with Crippen LogP contribution in [0.4, 0.5) is 5.69 Å². The Morgan fingerprint density at radius 1 is 1.29 bits per heavy atom. The summed E-state index contributed by atoms with van der Waals surface area (Å²) < 4.78 is 0. The molecule has 0 unspecified atom stereocenters. The Balaban J connectivity index is 2.24. The average molecular weight is 247 g/mol. The van der Waals surface area contributed by atoms with Crippen LogP contribution in [-0.4, -0.2) is 21.0 Å². The third-order valence-corrected chi connectivity index (χ3v) is 2.89. The van der Waals surface area contributed by atoms with Crippen molar-refractivity contribution < 1.29 is 9.90 Å². The maximum atomic E-state index is 10.8. The van der Waals surface area contributed by atoms with Crippen LogP contribution in [0.2, 0.25) is 0 Å². The maximum absolute atomic E-state index is 10.8. The van der Waals surface area contributed by atoms with Gasteiger partial charge in [-0.1, -0.05) is 0 Å². The zero-order valence-corrected chi connectivity index (χ0v) is 9.52. The second kappa shape index (κ2) is 4.84. The van der Waals surface area contributed by atoms with Crippen molar-refractivity contribution in [2.24, 2.45) is 0 Å². The predicted octanol–water partition coefficient (Wildman–Crippen LogP) is 1.91. The maximum Gasteiger partial charge on any atom is 0.337 e. The van der Waals surface area contributed by atoms with Crippen LogP contribution in [0.5, 0.6) is 0 Å². The summed E-state index contributed by atoms with van der Waals surface area (Å²) in [5, 5.41) is 9.43. The molecule has 0 amide bonds. The summed E-state index contributed by atoms with van der Waals surface area (Å²) in [6, 6.07) is 6.49. The summed E-state index contributed by atoms with van der Waals surface area (Å²) in [7, 11) is 0. The summed E-state index contributed by atoms with van der Waals surface area (Å²) in [5.74, 6) is -1.03. The molecule has 6 heteroatoms. The van der Waals surface area contributed by atoms with E-state index in [4.69, 9.17) is 10.8 Å². The molecule has 0 aliphatic rings. The summed E-state index contributed by atoms with van der Waals surface area (Å²) in [4.78, 5) is 19.7. The minimum Gasteiger partial charge on any atom is -0.478 e. The van der Waals surface area contributed by atoms with Crippen LogP contribution < -0.4 is 5.73 Å². The Bertz CT molecular complexity index is 546. The molecule has 0 atom stereocenters. The van der Waals surface area contributed by atoms with E-state index >= 15 is 0 Å². The van der Waals surface area contributed by atoms with Gasteiger partial charge in [-0.3, -0.25) is 0 Å². The zero-order chi connectivity index (χ0) is 12.3. The molecule has 0 aliphatic heterocycles. The Labute approximate surface area is 102 Å². The molecule has 1 aromatic carbocycles. The first-order chi connectivity index (χ1) is 8.16. The first kappa shape index (κ1) is 11.4. The van der Waals surface area contributed by atoms with Crippen molar-refractivity contribution >= 4 is 23.4 Å². The van der Waals surface area contributed by atoms with Crippen molar-refractivity contribution in [1.29, 1.82) is 0 Å². The molecule has 0 saturated heterocycles. The van der Waals surface area contributed by atoms with Gasteiger partial charge in [-0.05, 0) is 36.0 Å². The Hall–Kier alpha value is -2.08. The number of rotatable bonds is 3. The molecule has 0 radical (unpaired) electrons. The van der Waals surface area contributed by atoms with Gasteiger partial charge in [-0.15, -0.1) is 0 Å². The molecule has 3 N–H and O–H groups in total. The number of anilines is 1. The second-order valence-electron chi connectivity index (χ2n) is 3.19. The Kier molecular flexibility index (Phi) is 3.24. The molecular formula is C11H9N3O2S. The molecule has 1 aromatic heterocycles. The molecule has 0 aliphatic carbocycles. The van der Waals surface area contributed by atoms with E-state index in [0.29, 0.717) is 5.16 Å². The van der Waals surface area contributed by atoms with Crippen LogP contribution in [0.1, 0.15) is 10.4 Å². The fourth-order valence-electron chi connectivity index (χ4n) is 1.24. The minimum atomic E-state index is -1.03. The molecule has 5 nitrogen and oxygen atoms in total. The topological polar surface area (TPSA) is 89.1 Å². The van der Waals surface area contributed by atoms with E-state index in [9.17, 15) is 4.79 Å². The quantitative estimate of drug-likeness (QED) is 0.636. The van der Waals surface area contributed by atoms with E-state index in [0.717, 1.165) is 4.90 Å². The number of carboxylic acid groups (broad SMARTS) is 1. The van der Waals surface area contributed by atoms with E-state index in [1.807, 2.05) is 0 Å². The van der Waals surface area contributed by atoms with Crippen LogP contribution in [-0.2, 0) is 0 Å². The SMILES string of the molecule is Nc1cc(Sc2ncccn2)ccc1C(=O)O. The molecule has 0 bridgehead atoms. The van der Waals surface area contributed by atoms with Crippen LogP contribution in [0.3, 0.4) is 0 Å². The molecule has 0 saturated carbocycles. The number of carbonyl (C=O) groups is 1. The fraction of sp³-hybridized carbons (Fsp3) is 0. The highest BCUT2D eigenvalue weighted by molar-refractivity contribution is 7.99. The molecule has 2 rings (SSSR count). The number of hydrogen-bond donors (Lipinski definition) is 2. The van der Waals surface area contributed by atoms with Gasteiger partial charge < -0.3 is 10.8 Å². The second-order valence-corrected chi connectivity index (χ2v) is 4.23. The van der Waals surface area contributed by atoms with Crippen molar-refractivity contribution in [1.82, 2.24) is 9.97 Å². The normalized spacial score (nSPS) is 10.1. The van der Waals surface area contributed by atoms with E-state index in [2.05, 4.69) is 9.97 Å². The van der Waals surface area contributed by atoms with E-state index < -0.39 is 5.97 Å². The van der Waals surface area contributed by atoms with Crippen LogP contribution in [0.25, 0.3) is 0 Å². The number of aromatic carboxylic acids is 1. The van der Waals surface area contributed by atoms with Gasteiger partial charge in [0.1, 0.15) is 0 Å². The first-order valence-corrected chi connectivity index (χ1v) is 5.56. The summed E-state index contributed by atoms with van der Waals surface area (Å²) in [6.07, 6.45) is 3.29. The Morgan fingerprint density at radius 3 is 2.59 bits per heavy atom. The van der Waals surface area contributed by atoms with Gasteiger partial charge >= 0.3 is 5.97 Å². The van der Waals surface area contributed by atoms with Gasteiger partial charge in [0.2, 0.25) is 0 Å². The monoisotopic (exact) mass is 247 g/mol. The molecular weight excluding hydrogens is 238 g/mol. The van der Waals surface area contributed by atoms with Gasteiger partial charge in [-0.2, -0.15) is 0 Å². The van der Waals surface area contributed by atoms with Gasteiger partial charge in [0, 0.05) is 23.0 Å². The number of nitrogens with two attached hydrogens (primary N) is 1. The minimum absolute atomic E-state index is 0.100. The standard InChI is InChI=1S/C11H9N3O2S/c12-9-6-7(2-3-8(9)10(15)16)17-11-13-4-1-5-14-11/h1-6H,12H2,(H,15,16). The third-order valence-electron chi connectivity index (χ3n) is 2.00. The number of hydrogen-bond acceptors (Lipinski definition) is 5. The van der Waals surface area contributed by atoms with Crippen molar-refractivity contribution in [2.75, 3.05) is 5.73 Å². The van der Waals surface area contributed by atoms with Crippen LogP contribution in [0, 0.1) is 0 Å². The largest absolute Gasteiger partial charge is 0.478 e. The van der Waals surface area contributed by atoms with Gasteiger partial charge in [0.15, 0.2) is 5.16 Å². The van der Waals surface area contributed by atoms with Crippen molar-refractivity contribution in [3.63, 3.8) is 0 Å². The lowest BCUT2D eigenvalue weighted by atomic mass is 10.2. The van der Waals surface area contributed by atoms with Crippen molar-refractivity contribution in [3.8, 4) is 0 Å². The molecule has 86 valence electrons. The van der Waals surface area contributed by atoms with Crippen LogP contribution in [0.15, 0.2) is 46.7 Å². The van der Waals surface area contributed by atoms with E-state index in [1.165, 1.54) is 17.8 Å². The molecule has 2 aromatic rings. The van der Waals surface area contributed by atoms with Crippen molar-refractivity contribution in [3.05, 3.63) is 42.2 Å². The summed E-state index contributed by atoms with van der Waals surface area (Å²) in [6.45, 7) is 0. The lowest BCUT2D eigenvalue weighted by Crippen LogP contribution is -2.01. The van der Waals surface area contributed by atoms with Gasteiger partial charge in [0.05, 0.1) is 5.56 Å². The number of nitrogens with zero attached hydrogens (tertiary/aromatic N) is 2. The fourth-order valence-corrected chi connectivity index (χ4v) is 2.00. The highest BCUT2D eigenvalue weighted by Crippen LogP contribution is 2.27. The predicted molar refractivity (Wildman–Crippen MR) is 64.0 cm³/mol. The number of benzene rings is 1. The zero-order valence-electron chi connectivity index (χ0n) is 8.70. The highest BCUT2D eigenvalue weighted by atomic mass is 32.2. The number of nitrogen functional groups attached to an aromatic ring is 1. The summed E-state index contributed by atoms with van der Waals surface area (Å²) in [5.41, 5.74) is 5.98. The van der Waals surface area contributed by atoms with E-state index in [1.54, 1.807) is 30.6 Å². The molecule has 0 fully saturated rings. The smallest absolute Gasteiger partial charge is 0.337 e. The lowest BCUT2D eigenvalue weighted by Gasteiger charge is -2.03. The van der Waals surface area contributed by atoms with Gasteiger partial charge in [-0.25, -0.2) is 14.8 Å². The number of aromatic nitrogens is 2. The average Bonchev–Trinajstić information content (AvgIpc) is 2.30. The molecule has 17 heavy (non-hydrogen) atoms. The van der Waals surface area contributed by atoms with E-state index in [-0.39, 0.29) is 11.3 Å². The lowest BCUT2D eigenvalue weighted by molar-refractivity contribution is 0.0698. The Morgan fingerprint density at radius 2 is 2.00 bits per heavy atom.